The molecule has 0 fully saturated rings. The van der Waals surface area contributed by atoms with Crippen molar-refractivity contribution in [2.24, 2.45) is 0 Å². The summed E-state index contributed by atoms with van der Waals surface area (Å²) in [5.41, 5.74) is 0. The van der Waals surface area contributed by atoms with Crippen molar-refractivity contribution in [1.82, 2.24) is 0 Å². The second kappa shape index (κ2) is 3.88. The van der Waals surface area contributed by atoms with Gasteiger partial charge in [0.05, 0.1) is 6.61 Å². The van der Waals surface area contributed by atoms with Gasteiger partial charge in [0.2, 0.25) is 0 Å². The van der Waals surface area contributed by atoms with Crippen LogP contribution < -0.4 is 0 Å². The number of rotatable bonds is 2. The van der Waals surface area contributed by atoms with E-state index in [2.05, 4.69) is 0 Å². The van der Waals surface area contributed by atoms with Gasteiger partial charge in [-0.1, -0.05) is 0 Å². The Balaban J connectivity index is 2.19. The number of allylic oxidation sites excluding steroid dienone is 2. The number of carbonyl (C=O) groups is 1. The number of furan rings is 1. The van der Waals surface area contributed by atoms with E-state index in [1.807, 2.05) is 0 Å². The SMILES string of the molecule is O=C(C1=CCCCO1)c1ccc(Cl)o1. The maximum absolute atomic E-state index is 11.7. The minimum atomic E-state index is -0.239. The van der Waals surface area contributed by atoms with Crippen LogP contribution in [0.2, 0.25) is 5.22 Å². The quantitative estimate of drug-likeness (QED) is 0.708. The van der Waals surface area contributed by atoms with Crippen LogP contribution >= 0.6 is 11.6 Å². The van der Waals surface area contributed by atoms with Gasteiger partial charge in [-0.25, -0.2) is 0 Å². The zero-order valence-corrected chi connectivity index (χ0v) is 8.21. The molecule has 1 aliphatic heterocycles. The number of hydrogen-bond acceptors (Lipinski definition) is 3. The first-order valence-electron chi connectivity index (χ1n) is 4.40. The average molecular weight is 213 g/mol. The van der Waals surface area contributed by atoms with E-state index < -0.39 is 0 Å². The van der Waals surface area contributed by atoms with Gasteiger partial charge in [-0.05, 0) is 42.7 Å². The lowest BCUT2D eigenvalue weighted by Crippen LogP contribution is -2.10. The fourth-order valence-corrected chi connectivity index (χ4v) is 1.42. The van der Waals surface area contributed by atoms with Crippen molar-refractivity contribution in [2.45, 2.75) is 12.8 Å². The summed E-state index contributed by atoms with van der Waals surface area (Å²) < 4.78 is 10.2. The molecule has 0 saturated heterocycles. The molecule has 0 bridgehead atoms. The molecule has 1 aliphatic rings. The zero-order valence-electron chi connectivity index (χ0n) is 7.46. The van der Waals surface area contributed by atoms with Crippen molar-refractivity contribution in [1.29, 1.82) is 0 Å². The average Bonchev–Trinajstić information content (AvgIpc) is 2.65. The molecule has 0 aliphatic carbocycles. The fourth-order valence-electron chi connectivity index (χ4n) is 1.27. The Kier molecular flexibility index (Phi) is 2.59. The molecule has 0 radical (unpaired) electrons. The van der Waals surface area contributed by atoms with Crippen LogP contribution in [-0.4, -0.2) is 12.4 Å². The maximum atomic E-state index is 11.7. The topological polar surface area (TPSA) is 39.4 Å². The van der Waals surface area contributed by atoms with Crippen molar-refractivity contribution in [3.8, 4) is 0 Å². The van der Waals surface area contributed by atoms with Crippen LogP contribution in [0.4, 0.5) is 0 Å². The summed E-state index contributed by atoms with van der Waals surface area (Å²) >= 11 is 5.56. The van der Waals surface area contributed by atoms with Crippen molar-refractivity contribution < 1.29 is 13.9 Å². The Morgan fingerprint density at radius 2 is 2.29 bits per heavy atom. The number of hydrogen-bond donors (Lipinski definition) is 0. The second-order valence-electron chi connectivity index (χ2n) is 2.99. The molecule has 74 valence electrons. The lowest BCUT2D eigenvalue weighted by atomic mass is 10.2. The summed E-state index contributed by atoms with van der Waals surface area (Å²) in [4.78, 5) is 11.7. The number of ether oxygens (including phenoxy) is 1. The number of halogens is 1. The predicted molar refractivity (Wildman–Crippen MR) is 51.3 cm³/mol. The van der Waals surface area contributed by atoms with Gasteiger partial charge in [-0.3, -0.25) is 4.79 Å². The monoisotopic (exact) mass is 212 g/mol. The predicted octanol–water partition coefficient (Wildman–Crippen LogP) is 2.81. The lowest BCUT2D eigenvalue weighted by Gasteiger charge is -2.12. The van der Waals surface area contributed by atoms with E-state index in [0.717, 1.165) is 12.8 Å². The highest BCUT2D eigenvalue weighted by Gasteiger charge is 2.19. The summed E-state index contributed by atoms with van der Waals surface area (Å²) in [6.45, 7) is 0.589. The normalized spacial score (nSPS) is 15.9. The van der Waals surface area contributed by atoms with E-state index in [0.29, 0.717) is 12.4 Å². The van der Waals surface area contributed by atoms with Crippen LogP contribution in [-0.2, 0) is 4.74 Å². The molecule has 0 atom stereocenters. The van der Waals surface area contributed by atoms with Gasteiger partial charge >= 0.3 is 0 Å². The summed E-state index contributed by atoms with van der Waals surface area (Å²) in [6, 6.07) is 3.08. The van der Waals surface area contributed by atoms with Crippen molar-refractivity contribution >= 4 is 17.4 Å². The molecule has 0 unspecified atom stereocenters. The van der Waals surface area contributed by atoms with Crippen LogP contribution in [0.5, 0.6) is 0 Å². The minimum absolute atomic E-state index is 0.213. The maximum Gasteiger partial charge on any atom is 0.262 e. The summed E-state index contributed by atoms with van der Waals surface area (Å²) in [7, 11) is 0. The molecule has 0 saturated carbocycles. The number of carbonyl (C=O) groups excluding carboxylic acids is 1. The number of Topliss-reactive ketones (excluding diaryl/α,β-unsaturated/α-hetero) is 1. The van der Waals surface area contributed by atoms with Gasteiger partial charge in [-0.15, -0.1) is 0 Å². The fraction of sp³-hybridized carbons (Fsp3) is 0.300. The Bertz CT molecular complexity index is 378. The lowest BCUT2D eigenvalue weighted by molar-refractivity contribution is 0.0872. The molecule has 3 nitrogen and oxygen atoms in total. The first-order valence-corrected chi connectivity index (χ1v) is 4.78. The van der Waals surface area contributed by atoms with Crippen LogP contribution in [0, 0.1) is 0 Å². The van der Waals surface area contributed by atoms with E-state index in [1.165, 1.54) is 6.07 Å². The van der Waals surface area contributed by atoms with E-state index in [1.54, 1.807) is 12.1 Å². The Morgan fingerprint density at radius 1 is 1.43 bits per heavy atom. The molecule has 0 amide bonds. The third-order valence-corrected chi connectivity index (χ3v) is 2.16. The zero-order chi connectivity index (χ0) is 9.97. The highest BCUT2D eigenvalue weighted by atomic mass is 35.5. The molecular weight excluding hydrogens is 204 g/mol. The van der Waals surface area contributed by atoms with Crippen molar-refractivity contribution in [3.63, 3.8) is 0 Å². The highest BCUT2D eigenvalue weighted by molar-refractivity contribution is 6.29. The van der Waals surface area contributed by atoms with E-state index >= 15 is 0 Å². The van der Waals surface area contributed by atoms with Gasteiger partial charge in [0.25, 0.3) is 5.78 Å². The standard InChI is InChI=1S/C10H9ClO3/c11-9-5-4-8(14-9)10(12)7-3-1-2-6-13-7/h3-5H,1-2,6H2. The summed E-state index contributed by atoms with van der Waals surface area (Å²) in [5.74, 6) is 0.349. The molecule has 1 aromatic rings. The Hall–Kier alpha value is -1.22. The first kappa shape index (κ1) is 9.34. The third-order valence-electron chi connectivity index (χ3n) is 1.96. The summed E-state index contributed by atoms with van der Waals surface area (Å²) in [5, 5.41) is 0.213. The van der Waals surface area contributed by atoms with Gasteiger partial charge in [0, 0.05) is 0 Å². The molecular formula is C10H9ClO3. The molecule has 4 heteroatoms. The van der Waals surface area contributed by atoms with Gasteiger partial charge in [-0.2, -0.15) is 0 Å². The highest BCUT2D eigenvalue weighted by Crippen LogP contribution is 2.19. The van der Waals surface area contributed by atoms with Crippen LogP contribution in [0.1, 0.15) is 23.4 Å². The molecule has 0 N–H and O–H groups in total. The van der Waals surface area contributed by atoms with Crippen LogP contribution in [0.15, 0.2) is 28.4 Å². The van der Waals surface area contributed by atoms with Gasteiger partial charge < -0.3 is 9.15 Å². The molecule has 14 heavy (non-hydrogen) atoms. The largest absolute Gasteiger partial charge is 0.490 e. The first-order chi connectivity index (χ1) is 6.77. The second-order valence-corrected chi connectivity index (χ2v) is 3.36. The Morgan fingerprint density at radius 3 is 2.86 bits per heavy atom. The molecule has 0 spiro atoms. The summed E-state index contributed by atoms with van der Waals surface area (Å²) in [6.07, 6.45) is 3.60. The molecule has 1 aromatic heterocycles. The van der Waals surface area contributed by atoms with Gasteiger partial charge in [0.15, 0.2) is 16.7 Å². The van der Waals surface area contributed by atoms with E-state index in [-0.39, 0.29) is 16.8 Å². The van der Waals surface area contributed by atoms with Crippen molar-refractivity contribution in [3.05, 3.63) is 34.9 Å². The smallest absolute Gasteiger partial charge is 0.262 e. The molecule has 2 rings (SSSR count). The molecule has 0 aromatic carbocycles. The third kappa shape index (κ3) is 1.82. The van der Waals surface area contributed by atoms with Crippen LogP contribution in [0.3, 0.4) is 0 Å². The van der Waals surface area contributed by atoms with Gasteiger partial charge in [0.1, 0.15) is 0 Å². The van der Waals surface area contributed by atoms with E-state index in [4.69, 9.17) is 20.8 Å². The Labute approximate surface area is 86.3 Å². The molecule has 2 heterocycles. The van der Waals surface area contributed by atoms with Crippen LogP contribution in [0.25, 0.3) is 0 Å². The van der Waals surface area contributed by atoms with Crippen molar-refractivity contribution in [2.75, 3.05) is 6.61 Å². The minimum Gasteiger partial charge on any atom is -0.490 e. The van der Waals surface area contributed by atoms with E-state index in [9.17, 15) is 4.79 Å². The number of ketones is 1.